The van der Waals surface area contributed by atoms with Crippen LogP contribution in [0.4, 0.5) is 0 Å². The van der Waals surface area contributed by atoms with E-state index in [1.165, 1.54) is 0 Å². The summed E-state index contributed by atoms with van der Waals surface area (Å²) in [6.45, 7) is 3.82. The van der Waals surface area contributed by atoms with Gasteiger partial charge >= 0.3 is 7.60 Å². The number of rotatable bonds is 9. The van der Waals surface area contributed by atoms with E-state index in [-0.39, 0.29) is 17.9 Å². The van der Waals surface area contributed by atoms with Crippen molar-refractivity contribution in [3.63, 3.8) is 0 Å². The predicted octanol–water partition coefficient (Wildman–Crippen LogP) is 5.07. The van der Waals surface area contributed by atoms with Gasteiger partial charge in [0.1, 0.15) is 10.4 Å². The van der Waals surface area contributed by atoms with E-state index < -0.39 is 18.4 Å². The van der Waals surface area contributed by atoms with E-state index in [4.69, 9.17) is 13.8 Å². The fraction of sp³-hybridized carbons (Fsp3) is 0.263. The Morgan fingerprint density at radius 2 is 1.58 bits per heavy atom. The van der Waals surface area contributed by atoms with Crippen molar-refractivity contribution in [1.29, 1.82) is 0 Å². The molecule has 2 aromatic carbocycles. The zero-order chi connectivity index (χ0) is 19.0. The topological polar surface area (TPSA) is 61.8 Å². The van der Waals surface area contributed by atoms with Gasteiger partial charge in [0.15, 0.2) is 0 Å². The molecule has 0 fully saturated rings. The molecule has 0 saturated carbocycles. The normalized spacial score (nSPS) is 13.4. The number of methoxy groups -OCH3 is 1. The molecule has 0 saturated heterocycles. The lowest BCUT2D eigenvalue weighted by atomic mass is 10.2. The van der Waals surface area contributed by atoms with Crippen LogP contribution in [-0.2, 0) is 24.4 Å². The molecule has 0 heterocycles. The zero-order valence-corrected chi connectivity index (χ0v) is 16.8. The van der Waals surface area contributed by atoms with Crippen LogP contribution in [0.5, 0.6) is 5.75 Å². The second-order valence-corrected chi connectivity index (χ2v) is 8.91. The van der Waals surface area contributed by atoms with Crippen LogP contribution in [0.3, 0.4) is 0 Å². The van der Waals surface area contributed by atoms with Crippen molar-refractivity contribution in [2.24, 2.45) is 0 Å². The van der Waals surface area contributed by atoms with E-state index in [2.05, 4.69) is 0 Å². The Morgan fingerprint density at radius 1 is 1.00 bits per heavy atom. The van der Waals surface area contributed by atoms with Crippen LogP contribution in [-0.4, -0.2) is 24.5 Å². The number of ether oxygens (including phenoxy) is 1. The molecule has 5 nitrogen and oxygen atoms in total. The molecule has 0 N–H and O–H groups in total. The molecule has 0 radical (unpaired) electrons. The summed E-state index contributed by atoms with van der Waals surface area (Å²) in [5.74, 6) is 0.700. The first-order chi connectivity index (χ1) is 12.5. The predicted molar refractivity (Wildman–Crippen MR) is 105 cm³/mol. The third-order valence-corrected chi connectivity index (χ3v) is 7.65. The van der Waals surface area contributed by atoms with Crippen LogP contribution in [0.15, 0.2) is 64.1 Å². The van der Waals surface area contributed by atoms with E-state index in [0.717, 1.165) is 5.56 Å². The Hall–Kier alpha value is -1.72. The molecule has 0 spiro atoms. The molecule has 2 aromatic rings. The van der Waals surface area contributed by atoms with Gasteiger partial charge in [-0.05, 0) is 49.8 Å². The Balaban J connectivity index is 2.54. The van der Waals surface area contributed by atoms with E-state index in [1.54, 1.807) is 75.6 Å². The zero-order valence-electron chi connectivity index (χ0n) is 15.1. The van der Waals surface area contributed by atoms with Crippen LogP contribution in [0.2, 0.25) is 0 Å². The molecule has 140 valence electrons. The molecule has 1 atom stereocenters. The summed E-state index contributed by atoms with van der Waals surface area (Å²) in [7, 11) is -3.81. The van der Waals surface area contributed by atoms with Gasteiger partial charge in [0.05, 0.1) is 31.1 Å². The molecule has 0 aromatic heterocycles. The summed E-state index contributed by atoms with van der Waals surface area (Å²) in [6.07, 6.45) is 1.61. The van der Waals surface area contributed by atoms with Gasteiger partial charge in [-0.15, -0.1) is 0 Å². The van der Waals surface area contributed by atoms with Crippen LogP contribution in [0.25, 0.3) is 6.08 Å². The summed E-state index contributed by atoms with van der Waals surface area (Å²) < 4.78 is 42.6. The molecule has 26 heavy (non-hydrogen) atoms. The highest BCUT2D eigenvalue weighted by atomic mass is 32.2. The van der Waals surface area contributed by atoms with Gasteiger partial charge in [0.25, 0.3) is 0 Å². The highest BCUT2D eigenvalue weighted by molar-refractivity contribution is 7.98. The van der Waals surface area contributed by atoms with Crippen LogP contribution in [0.1, 0.15) is 19.4 Å². The van der Waals surface area contributed by atoms with Crippen LogP contribution >= 0.6 is 7.60 Å². The number of hydrogen-bond donors (Lipinski definition) is 0. The van der Waals surface area contributed by atoms with Crippen LogP contribution < -0.4 is 4.74 Å². The highest BCUT2D eigenvalue weighted by Crippen LogP contribution is 2.58. The Labute approximate surface area is 157 Å². The third-order valence-electron chi connectivity index (χ3n) is 3.42. The minimum absolute atomic E-state index is 0.123. The molecular formula is C19H23O5PS. The number of hydrogen-bond acceptors (Lipinski definition) is 5. The van der Waals surface area contributed by atoms with Gasteiger partial charge in [0, 0.05) is 4.90 Å². The summed E-state index contributed by atoms with van der Waals surface area (Å²) in [4.78, 5) is 0.534. The van der Waals surface area contributed by atoms with Crippen molar-refractivity contribution in [2.75, 3.05) is 20.3 Å². The lowest BCUT2D eigenvalue weighted by Gasteiger charge is -2.20. The molecule has 0 aliphatic rings. The molecule has 2 rings (SSSR count). The fourth-order valence-corrected chi connectivity index (χ4v) is 5.90. The summed E-state index contributed by atoms with van der Waals surface area (Å²) in [6, 6.07) is 16.0. The second kappa shape index (κ2) is 9.83. The highest BCUT2D eigenvalue weighted by Gasteiger charge is 2.34. The first-order valence-corrected chi connectivity index (χ1v) is 11.0. The Morgan fingerprint density at radius 3 is 2.08 bits per heavy atom. The molecule has 7 heteroatoms. The van der Waals surface area contributed by atoms with E-state index in [0.29, 0.717) is 10.6 Å². The molecular weight excluding hydrogens is 371 g/mol. The monoisotopic (exact) mass is 394 g/mol. The average Bonchev–Trinajstić information content (AvgIpc) is 2.67. The Kier molecular flexibility index (Phi) is 7.79. The SMILES string of the molecule is CCOP(=O)(OCC)/C(=C\c1ccc(OC)cc1)S(=O)c1ccccc1. The van der Waals surface area contributed by atoms with Gasteiger partial charge in [-0.3, -0.25) is 4.57 Å². The van der Waals surface area contributed by atoms with Crippen molar-refractivity contribution >= 4 is 24.5 Å². The minimum Gasteiger partial charge on any atom is -0.497 e. The van der Waals surface area contributed by atoms with E-state index in [1.807, 2.05) is 6.07 Å². The maximum Gasteiger partial charge on any atom is 0.370 e. The van der Waals surface area contributed by atoms with Gasteiger partial charge in [-0.1, -0.05) is 30.3 Å². The first kappa shape index (κ1) is 20.6. The van der Waals surface area contributed by atoms with Crippen molar-refractivity contribution in [3.8, 4) is 5.75 Å². The van der Waals surface area contributed by atoms with Crippen molar-refractivity contribution in [3.05, 3.63) is 64.8 Å². The lowest BCUT2D eigenvalue weighted by molar-refractivity contribution is 0.228. The average molecular weight is 394 g/mol. The molecule has 0 bridgehead atoms. The van der Waals surface area contributed by atoms with Gasteiger partial charge in [-0.25, -0.2) is 4.21 Å². The van der Waals surface area contributed by atoms with Crippen molar-refractivity contribution in [1.82, 2.24) is 0 Å². The van der Waals surface area contributed by atoms with Crippen LogP contribution in [0, 0.1) is 0 Å². The van der Waals surface area contributed by atoms with Gasteiger partial charge < -0.3 is 13.8 Å². The molecule has 0 aliphatic heterocycles. The third kappa shape index (κ3) is 5.15. The number of benzene rings is 2. The Bertz CT molecular complexity index is 792. The summed E-state index contributed by atoms with van der Waals surface area (Å²) in [5.41, 5.74) is 0.727. The molecule has 0 amide bonds. The summed E-state index contributed by atoms with van der Waals surface area (Å²) in [5, 5.41) is 0. The van der Waals surface area contributed by atoms with Crippen molar-refractivity contribution in [2.45, 2.75) is 18.7 Å². The largest absolute Gasteiger partial charge is 0.497 e. The maximum atomic E-state index is 13.3. The standard InChI is InChI=1S/C19H23O5PS/c1-4-23-25(20,24-5-2)19(26(21)18-9-7-6-8-10-18)15-16-11-13-17(22-3)14-12-16/h6-15H,4-5H2,1-3H3/b19-15+. The maximum absolute atomic E-state index is 13.3. The smallest absolute Gasteiger partial charge is 0.370 e. The first-order valence-electron chi connectivity index (χ1n) is 8.26. The second-order valence-electron chi connectivity index (χ2n) is 5.17. The minimum atomic E-state index is -3.71. The molecule has 1 unspecified atom stereocenters. The van der Waals surface area contributed by atoms with Gasteiger partial charge in [0.2, 0.25) is 0 Å². The fourth-order valence-electron chi connectivity index (χ4n) is 2.25. The summed E-state index contributed by atoms with van der Waals surface area (Å²) >= 11 is 0. The van der Waals surface area contributed by atoms with Gasteiger partial charge in [-0.2, -0.15) is 0 Å². The van der Waals surface area contributed by atoms with E-state index >= 15 is 0 Å². The quantitative estimate of drug-likeness (QED) is 0.556. The van der Waals surface area contributed by atoms with Crippen molar-refractivity contribution < 1.29 is 22.6 Å². The lowest BCUT2D eigenvalue weighted by Crippen LogP contribution is -2.04. The molecule has 0 aliphatic carbocycles. The van der Waals surface area contributed by atoms with E-state index in [9.17, 15) is 8.77 Å².